The van der Waals surface area contributed by atoms with E-state index < -0.39 is 0 Å². The zero-order chi connectivity index (χ0) is 12.0. The van der Waals surface area contributed by atoms with Crippen LogP contribution in [-0.4, -0.2) is 10.8 Å². The molecule has 0 saturated heterocycles. The fraction of sp³-hybridized carbons (Fsp3) is 0.0714. The van der Waals surface area contributed by atoms with Crippen LogP contribution in [0.15, 0.2) is 36.4 Å². The first kappa shape index (κ1) is 9.90. The molecular formula is C14H12N2O. The van der Waals surface area contributed by atoms with Gasteiger partial charge in [-0.2, -0.15) is 0 Å². The number of carbonyl (C=O) groups is 1. The molecule has 0 bridgehead atoms. The second kappa shape index (κ2) is 3.35. The Morgan fingerprint density at radius 2 is 1.88 bits per heavy atom. The van der Waals surface area contributed by atoms with E-state index in [-0.39, 0.29) is 5.78 Å². The Balaban J connectivity index is 2.56. The van der Waals surface area contributed by atoms with Gasteiger partial charge in [-0.3, -0.25) is 4.79 Å². The third-order valence-electron chi connectivity index (χ3n) is 3.07. The number of nitrogens with one attached hydrogen (secondary N) is 1. The number of anilines is 1. The van der Waals surface area contributed by atoms with Crippen molar-refractivity contribution >= 4 is 33.3 Å². The summed E-state index contributed by atoms with van der Waals surface area (Å²) in [5.41, 5.74) is 8.83. The Kier molecular flexibility index (Phi) is 1.95. The van der Waals surface area contributed by atoms with Gasteiger partial charge in [-0.15, -0.1) is 0 Å². The van der Waals surface area contributed by atoms with Gasteiger partial charge in [-0.25, -0.2) is 0 Å². The minimum absolute atomic E-state index is 0.0142. The number of H-pyrrole nitrogens is 1. The highest BCUT2D eigenvalue weighted by Gasteiger charge is 2.13. The average molecular weight is 224 g/mol. The van der Waals surface area contributed by atoms with Crippen molar-refractivity contribution in [2.75, 3.05) is 5.73 Å². The Labute approximate surface area is 98.2 Å². The lowest BCUT2D eigenvalue weighted by atomic mass is 10.0. The number of ketones is 1. The average Bonchev–Trinajstić information content (AvgIpc) is 2.66. The lowest BCUT2D eigenvalue weighted by molar-refractivity contribution is 0.102. The van der Waals surface area contributed by atoms with Gasteiger partial charge in [0.2, 0.25) is 0 Å². The first-order valence-electron chi connectivity index (χ1n) is 5.48. The van der Waals surface area contributed by atoms with Crippen LogP contribution in [0, 0.1) is 0 Å². The van der Waals surface area contributed by atoms with Crippen LogP contribution in [0.5, 0.6) is 0 Å². The second-order valence-electron chi connectivity index (χ2n) is 4.18. The summed E-state index contributed by atoms with van der Waals surface area (Å²) in [7, 11) is 0. The molecule has 3 aromatic rings. The summed E-state index contributed by atoms with van der Waals surface area (Å²) in [6, 6.07) is 11.7. The number of carbonyl (C=O) groups excluding carboxylic acids is 1. The molecule has 0 aliphatic heterocycles. The molecule has 0 aliphatic carbocycles. The molecule has 84 valence electrons. The van der Waals surface area contributed by atoms with Crippen molar-refractivity contribution in [2.45, 2.75) is 6.92 Å². The van der Waals surface area contributed by atoms with E-state index in [1.807, 2.05) is 30.3 Å². The van der Waals surface area contributed by atoms with Gasteiger partial charge in [-0.1, -0.05) is 24.3 Å². The van der Waals surface area contributed by atoms with E-state index >= 15 is 0 Å². The number of hydrogen-bond donors (Lipinski definition) is 2. The van der Waals surface area contributed by atoms with Crippen molar-refractivity contribution in [3.63, 3.8) is 0 Å². The topological polar surface area (TPSA) is 58.9 Å². The van der Waals surface area contributed by atoms with Crippen molar-refractivity contribution in [1.29, 1.82) is 0 Å². The van der Waals surface area contributed by atoms with Crippen molar-refractivity contribution in [1.82, 2.24) is 4.98 Å². The van der Waals surface area contributed by atoms with Gasteiger partial charge >= 0.3 is 0 Å². The first-order valence-corrected chi connectivity index (χ1v) is 5.48. The molecule has 3 heteroatoms. The Hall–Kier alpha value is -2.29. The largest absolute Gasteiger partial charge is 0.398 e. The van der Waals surface area contributed by atoms with Gasteiger partial charge in [0.05, 0.1) is 11.1 Å². The quantitative estimate of drug-likeness (QED) is 0.493. The van der Waals surface area contributed by atoms with Crippen LogP contribution in [0.25, 0.3) is 21.8 Å². The summed E-state index contributed by atoms with van der Waals surface area (Å²) >= 11 is 0. The van der Waals surface area contributed by atoms with E-state index in [0.29, 0.717) is 11.3 Å². The molecule has 1 aromatic heterocycles. The third-order valence-corrected chi connectivity index (χ3v) is 3.07. The van der Waals surface area contributed by atoms with Crippen LogP contribution >= 0.6 is 0 Å². The van der Waals surface area contributed by atoms with Crippen molar-refractivity contribution < 1.29 is 4.79 Å². The molecule has 0 spiro atoms. The highest BCUT2D eigenvalue weighted by molar-refractivity contribution is 6.17. The molecule has 0 fully saturated rings. The summed E-state index contributed by atoms with van der Waals surface area (Å²) in [6.07, 6.45) is 0. The Morgan fingerprint density at radius 1 is 1.12 bits per heavy atom. The molecule has 0 unspecified atom stereocenters. The first-order chi connectivity index (χ1) is 8.18. The predicted octanol–water partition coefficient (Wildman–Crippen LogP) is 3.11. The van der Waals surface area contributed by atoms with Gasteiger partial charge in [0.25, 0.3) is 0 Å². The number of para-hydroxylation sites is 1. The molecule has 0 saturated carbocycles. The van der Waals surface area contributed by atoms with Crippen molar-refractivity contribution in [3.8, 4) is 0 Å². The maximum atomic E-state index is 11.7. The molecule has 17 heavy (non-hydrogen) atoms. The lowest BCUT2D eigenvalue weighted by Gasteiger charge is -2.02. The molecule has 3 rings (SSSR count). The number of aromatic amines is 1. The summed E-state index contributed by atoms with van der Waals surface area (Å²) in [5.74, 6) is -0.0142. The zero-order valence-electron chi connectivity index (χ0n) is 9.45. The van der Waals surface area contributed by atoms with Crippen LogP contribution in [0.3, 0.4) is 0 Å². The number of hydrogen-bond acceptors (Lipinski definition) is 2. The van der Waals surface area contributed by atoms with Gasteiger partial charge in [0.1, 0.15) is 0 Å². The van der Waals surface area contributed by atoms with E-state index in [1.54, 1.807) is 6.07 Å². The molecular weight excluding hydrogens is 212 g/mol. The normalized spacial score (nSPS) is 11.1. The minimum atomic E-state index is -0.0142. The number of nitrogens with two attached hydrogens (primary N) is 1. The van der Waals surface area contributed by atoms with Crippen LogP contribution in [0.2, 0.25) is 0 Å². The van der Waals surface area contributed by atoms with Gasteiger partial charge in [0.15, 0.2) is 5.78 Å². The van der Waals surface area contributed by atoms with Crippen LogP contribution in [-0.2, 0) is 0 Å². The molecule has 2 aromatic carbocycles. The number of rotatable bonds is 1. The fourth-order valence-corrected chi connectivity index (χ4v) is 2.31. The summed E-state index contributed by atoms with van der Waals surface area (Å²) in [4.78, 5) is 14.9. The van der Waals surface area contributed by atoms with Crippen LogP contribution in [0.4, 0.5) is 5.69 Å². The number of fused-ring (bicyclic) bond motifs is 3. The number of benzene rings is 2. The highest BCUT2D eigenvalue weighted by atomic mass is 16.1. The smallest absolute Gasteiger partial charge is 0.163 e. The molecule has 3 nitrogen and oxygen atoms in total. The summed E-state index contributed by atoms with van der Waals surface area (Å²) in [6.45, 7) is 1.54. The Morgan fingerprint density at radius 3 is 2.65 bits per heavy atom. The Bertz CT molecular complexity index is 740. The second-order valence-corrected chi connectivity index (χ2v) is 4.18. The molecule has 0 amide bonds. The van der Waals surface area contributed by atoms with Crippen LogP contribution < -0.4 is 5.73 Å². The maximum absolute atomic E-state index is 11.7. The van der Waals surface area contributed by atoms with E-state index in [1.165, 1.54) is 6.92 Å². The number of Topliss-reactive ketones (excluding diaryl/α,β-unsaturated/α-hetero) is 1. The predicted molar refractivity (Wildman–Crippen MR) is 70.2 cm³/mol. The fourth-order valence-electron chi connectivity index (χ4n) is 2.31. The highest BCUT2D eigenvalue weighted by Crippen LogP contribution is 2.30. The number of aromatic nitrogens is 1. The van der Waals surface area contributed by atoms with Gasteiger partial charge < -0.3 is 10.7 Å². The molecule has 0 atom stereocenters. The van der Waals surface area contributed by atoms with Gasteiger partial charge in [0, 0.05) is 22.0 Å². The minimum Gasteiger partial charge on any atom is -0.398 e. The molecule has 0 aliphatic rings. The van der Waals surface area contributed by atoms with E-state index in [9.17, 15) is 4.79 Å². The number of nitrogen functional groups attached to an aromatic ring is 1. The zero-order valence-corrected chi connectivity index (χ0v) is 9.45. The third kappa shape index (κ3) is 1.32. The maximum Gasteiger partial charge on any atom is 0.163 e. The molecule has 0 radical (unpaired) electrons. The summed E-state index contributed by atoms with van der Waals surface area (Å²) < 4.78 is 0. The van der Waals surface area contributed by atoms with Gasteiger partial charge in [-0.05, 0) is 19.1 Å². The van der Waals surface area contributed by atoms with E-state index in [0.717, 1.165) is 21.8 Å². The lowest BCUT2D eigenvalue weighted by Crippen LogP contribution is -2.00. The van der Waals surface area contributed by atoms with Crippen molar-refractivity contribution in [2.24, 2.45) is 0 Å². The SMILES string of the molecule is CC(=O)c1c(N)ccc2c1[nH]c1ccccc12. The molecule has 1 heterocycles. The standard InChI is InChI=1S/C14H12N2O/c1-8(17)13-11(15)7-6-10-9-4-2-3-5-12(9)16-14(10)13/h2-7,16H,15H2,1H3. The van der Waals surface area contributed by atoms with E-state index in [2.05, 4.69) is 4.98 Å². The van der Waals surface area contributed by atoms with Crippen LogP contribution in [0.1, 0.15) is 17.3 Å². The van der Waals surface area contributed by atoms with Crippen molar-refractivity contribution in [3.05, 3.63) is 42.0 Å². The summed E-state index contributed by atoms with van der Waals surface area (Å²) in [5, 5.41) is 2.16. The molecule has 3 N–H and O–H groups in total. The van der Waals surface area contributed by atoms with E-state index in [4.69, 9.17) is 5.73 Å². The monoisotopic (exact) mass is 224 g/mol.